The van der Waals surface area contributed by atoms with Crippen LogP contribution in [0.25, 0.3) is 0 Å². The minimum Gasteiger partial charge on any atom is -0.354 e. The maximum Gasteiger partial charge on any atom is 0.264 e. The van der Waals surface area contributed by atoms with Gasteiger partial charge in [-0.3, -0.25) is 13.9 Å². The first-order valence-corrected chi connectivity index (χ1v) is 17.0. The summed E-state index contributed by atoms with van der Waals surface area (Å²) in [5.41, 5.74) is 2.46. The number of halogens is 3. The normalized spacial score (nSPS) is 11.9. The summed E-state index contributed by atoms with van der Waals surface area (Å²) in [4.78, 5) is 29.6. The van der Waals surface area contributed by atoms with Gasteiger partial charge in [-0.1, -0.05) is 96.3 Å². The van der Waals surface area contributed by atoms with Gasteiger partial charge in [0.25, 0.3) is 10.0 Å². The zero-order valence-corrected chi connectivity index (χ0v) is 28.0. The zero-order valence-electron chi connectivity index (χ0n) is 24.9. The smallest absolute Gasteiger partial charge is 0.264 e. The molecule has 0 aliphatic heterocycles. The topological polar surface area (TPSA) is 86.8 Å². The molecule has 0 unspecified atom stereocenters. The quantitative estimate of drug-likeness (QED) is 0.160. The predicted octanol–water partition coefficient (Wildman–Crippen LogP) is 7.32. The highest BCUT2D eigenvalue weighted by Crippen LogP contribution is 2.29. The average molecular weight is 687 g/mol. The van der Waals surface area contributed by atoms with E-state index in [0.717, 1.165) is 9.87 Å². The van der Waals surface area contributed by atoms with Gasteiger partial charge < -0.3 is 10.2 Å². The number of amides is 2. The first kappa shape index (κ1) is 34.3. The number of nitrogens with zero attached hydrogens (tertiary/aromatic N) is 2. The maximum atomic E-state index is 14.5. The Balaban J connectivity index is 1.82. The van der Waals surface area contributed by atoms with Gasteiger partial charge in [0.1, 0.15) is 12.6 Å². The first-order chi connectivity index (χ1) is 21.5. The summed E-state index contributed by atoms with van der Waals surface area (Å²) in [5, 5.41) is 3.94. The minimum absolute atomic E-state index is 0.0185. The molecule has 0 spiro atoms. The van der Waals surface area contributed by atoms with E-state index in [-0.39, 0.29) is 23.8 Å². The fourth-order valence-electron chi connectivity index (χ4n) is 4.85. The summed E-state index contributed by atoms with van der Waals surface area (Å²) in [6.45, 7) is 3.54. The molecule has 0 heterocycles. The van der Waals surface area contributed by atoms with Crippen LogP contribution >= 0.6 is 34.8 Å². The Bertz CT molecular complexity index is 1740. The number of benzene rings is 4. The second-order valence-electron chi connectivity index (χ2n) is 10.5. The molecule has 0 aliphatic rings. The first-order valence-electron chi connectivity index (χ1n) is 14.4. The zero-order chi connectivity index (χ0) is 32.6. The summed E-state index contributed by atoms with van der Waals surface area (Å²) in [6, 6.07) is 26.1. The van der Waals surface area contributed by atoms with Crippen molar-refractivity contribution in [1.82, 2.24) is 10.2 Å². The molecule has 45 heavy (non-hydrogen) atoms. The molecule has 0 saturated heterocycles. The summed E-state index contributed by atoms with van der Waals surface area (Å²) in [5.74, 6) is -0.924. The van der Waals surface area contributed by atoms with Crippen molar-refractivity contribution in [3.05, 3.63) is 129 Å². The van der Waals surface area contributed by atoms with Gasteiger partial charge in [-0.2, -0.15) is 0 Å². The van der Waals surface area contributed by atoms with Crippen LogP contribution in [0.5, 0.6) is 0 Å². The van der Waals surface area contributed by atoms with Crippen molar-refractivity contribution in [2.75, 3.05) is 17.4 Å². The Labute approximate surface area is 279 Å². The fourth-order valence-corrected chi connectivity index (χ4v) is 6.77. The van der Waals surface area contributed by atoms with Crippen LogP contribution in [0.2, 0.25) is 15.1 Å². The van der Waals surface area contributed by atoms with Gasteiger partial charge in [-0.15, -0.1) is 0 Å². The molecule has 4 aromatic rings. The van der Waals surface area contributed by atoms with Crippen molar-refractivity contribution in [2.24, 2.45) is 0 Å². The van der Waals surface area contributed by atoms with Gasteiger partial charge in [0.2, 0.25) is 11.8 Å². The Kier molecular flexibility index (Phi) is 11.9. The van der Waals surface area contributed by atoms with Crippen LogP contribution in [0.4, 0.5) is 5.69 Å². The summed E-state index contributed by atoms with van der Waals surface area (Å²) in [7, 11) is -4.24. The molecule has 4 aromatic carbocycles. The average Bonchev–Trinajstić information content (AvgIpc) is 3.03. The van der Waals surface area contributed by atoms with E-state index in [1.807, 2.05) is 37.3 Å². The Hall–Kier alpha value is -3.56. The van der Waals surface area contributed by atoms with E-state index >= 15 is 0 Å². The lowest BCUT2D eigenvalue weighted by molar-refractivity contribution is -0.140. The molecule has 0 fully saturated rings. The van der Waals surface area contributed by atoms with Crippen LogP contribution in [0, 0.1) is 6.92 Å². The molecule has 0 radical (unpaired) electrons. The van der Waals surface area contributed by atoms with Gasteiger partial charge in [-0.25, -0.2) is 8.42 Å². The van der Waals surface area contributed by atoms with Crippen molar-refractivity contribution in [3.8, 4) is 0 Å². The number of carbonyl (C=O) groups is 2. The molecule has 0 saturated carbocycles. The van der Waals surface area contributed by atoms with Crippen molar-refractivity contribution in [3.63, 3.8) is 0 Å². The largest absolute Gasteiger partial charge is 0.354 e. The second-order valence-corrected chi connectivity index (χ2v) is 13.6. The molecule has 0 aliphatic carbocycles. The van der Waals surface area contributed by atoms with Crippen LogP contribution in [0.15, 0.2) is 102 Å². The number of sulfonamides is 1. The third kappa shape index (κ3) is 8.79. The van der Waals surface area contributed by atoms with Crippen molar-refractivity contribution in [1.29, 1.82) is 0 Å². The molecule has 1 atom stereocenters. The number of rotatable bonds is 13. The Morgan fingerprint density at radius 1 is 0.822 bits per heavy atom. The van der Waals surface area contributed by atoms with Gasteiger partial charge in [-0.05, 0) is 72.5 Å². The number of anilines is 1. The van der Waals surface area contributed by atoms with E-state index < -0.39 is 28.5 Å². The number of para-hydroxylation sites is 1. The van der Waals surface area contributed by atoms with Gasteiger partial charge in [0.05, 0.1) is 20.6 Å². The number of hydrogen-bond acceptors (Lipinski definition) is 4. The van der Waals surface area contributed by atoms with Crippen molar-refractivity contribution in [2.45, 2.75) is 44.2 Å². The van der Waals surface area contributed by atoms with E-state index in [9.17, 15) is 18.0 Å². The van der Waals surface area contributed by atoms with E-state index in [1.54, 1.807) is 49.4 Å². The van der Waals surface area contributed by atoms with Crippen LogP contribution < -0.4 is 9.62 Å². The SMILES string of the molecule is CCCNC(=O)[C@@H](Cc1ccccc1)N(Cc1ccc(Cl)c(Cl)c1)C(=O)CN(c1ccccc1C)S(=O)(=O)c1ccc(Cl)cc1. The fraction of sp³-hybridized carbons (Fsp3) is 0.235. The lowest BCUT2D eigenvalue weighted by Crippen LogP contribution is -2.53. The molecule has 236 valence electrons. The van der Waals surface area contributed by atoms with Crippen LogP contribution in [0.1, 0.15) is 30.0 Å². The van der Waals surface area contributed by atoms with Gasteiger partial charge >= 0.3 is 0 Å². The molecule has 0 bridgehead atoms. The molecular weight excluding hydrogens is 653 g/mol. The van der Waals surface area contributed by atoms with Crippen LogP contribution in [0.3, 0.4) is 0 Å². The Morgan fingerprint density at radius 3 is 2.13 bits per heavy atom. The lowest BCUT2D eigenvalue weighted by Gasteiger charge is -2.34. The van der Waals surface area contributed by atoms with Crippen LogP contribution in [-0.4, -0.2) is 44.3 Å². The van der Waals surface area contributed by atoms with Crippen molar-refractivity contribution >= 4 is 62.3 Å². The summed E-state index contributed by atoms with van der Waals surface area (Å²) >= 11 is 18.5. The second kappa shape index (κ2) is 15.6. The van der Waals surface area contributed by atoms with Gasteiger partial charge in [0.15, 0.2) is 0 Å². The Morgan fingerprint density at radius 2 is 1.49 bits per heavy atom. The molecule has 11 heteroatoms. The van der Waals surface area contributed by atoms with E-state index in [1.165, 1.54) is 29.2 Å². The number of carbonyl (C=O) groups excluding carboxylic acids is 2. The highest BCUT2D eigenvalue weighted by molar-refractivity contribution is 7.92. The number of hydrogen-bond donors (Lipinski definition) is 1. The van der Waals surface area contributed by atoms with E-state index in [0.29, 0.717) is 44.8 Å². The minimum atomic E-state index is -4.24. The van der Waals surface area contributed by atoms with Crippen LogP contribution in [-0.2, 0) is 32.6 Å². The maximum absolute atomic E-state index is 14.5. The van der Waals surface area contributed by atoms with Crippen molar-refractivity contribution < 1.29 is 18.0 Å². The highest BCUT2D eigenvalue weighted by Gasteiger charge is 2.35. The highest BCUT2D eigenvalue weighted by atomic mass is 35.5. The lowest BCUT2D eigenvalue weighted by atomic mass is 10.0. The third-order valence-electron chi connectivity index (χ3n) is 7.22. The molecule has 2 amide bonds. The van der Waals surface area contributed by atoms with E-state index in [2.05, 4.69) is 5.32 Å². The van der Waals surface area contributed by atoms with E-state index in [4.69, 9.17) is 34.8 Å². The molecule has 1 N–H and O–H groups in total. The number of aryl methyl sites for hydroxylation is 1. The molecule has 4 rings (SSSR count). The third-order valence-corrected chi connectivity index (χ3v) is 9.99. The standard InChI is InChI=1S/C34H34Cl3N3O4S/c1-3-19-38-34(42)32(21-25-10-5-4-6-11-25)39(22-26-13-18-29(36)30(37)20-26)33(41)23-40(31-12-8-7-9-24(31)2)45(43,44)28-16-14-27(35)15-17-28/h4-18,20,32H,3,19,21-23H2,1-2H3,(H,38,42)/t32-/m1/s1. The van der Waals surface area contributed by atoms with Gasteiger partial charge in [0, 0.05) is 24.5 Å². The molecule has 7 nitrogen and oxygen atoms in total. The monoisotopic (exact) mass is 685 g/mol. The summed E-state index contributed by atoms with van der Waals surface area (Å²) in [6.07, 6.45) is 0.905. The molecule has 0 aromatic heterocycles. The predicted molar refractivity (Wildman–Crippen MR) is 181 cm³/mol. The molecular formula is C34H34Cl3N3O4S. The number of nitrogens with one attached hydrogen (secondary N) is 1. The summed E-state index contributed by atoms with van der Waals surface area (Å²) < 4.78 is 29.3.